The van der Waals surface area contributed by atoms with Crippen molar-refractivity contribution in [3.05, 3.63) is 66.7 Å². The smallest absolute Gasteiger partial charge is 0.270 e. The number of hydrogen-bond acceptors (Lipinski definition) is 6. The van der Waals surface area contributed by atoms with Gasteiger partial charge in [-0.3, -0.25) is 14.9 Å². The molecule has 10 heteroatoms. The minimum absolute atomic E-state index is 0.0557. The zero-order valence-electron chi connectivity index (χ0n) is 13.7. The molecule has 2 aromatic carbocycles. The van der Waals surface area contributed by atoms with E-state index in [9.17, 15) is 13.2 Å². The number of para-hydroxylation sites is 2. The van der Waals surface area contributed by atoms with Gasteiger partial charge in [-0.05, 0) is 30.3 Å². The van der Waals surface area contributed by atoms with E-state index >= 15 is 0 Å². The third kappa shape index (κ3) is 3.81. The second-order valence-electron chi connectivity index (χ2n) is 5.14. The van der Waals surface area contributed by atoms with Gasteiger partial charge in [0, 0.05) is 5.56 Å². The molecule has 26 heavy (non-hydrogen) atoms. The first-order valence-corrected chi connectivity index (χ1v) is 8.90. The van der Waals surface area contributed by atoms with Crippen molar-refractivity contribution >= 4 is 21.6 Å². The molecule has 134 valence electrons. The van der Waals surface area contributed by atoms with Crippen molar-refractivity contribution in [1.82, 2.24) is 14.9 Å². The predicted octanol–water partition coefficient (Wildman–Crippen LogP) is 1.47. The molecule has 0 aliphatic rings. The zero-order chi connectivity index (χ0) is 18.6. The maximum absolute atomic E-state index is 12.6. The molecule has 1 aromatic heterocycles. The average molecular weight is 373 g/mol. The molecule has 0 fully saturated rings. The van der Waals surface area contributed by atoms with Crippen LogP contribution in [-0.4, -0.2) is 36.3 Å². The van der Waals surface area contributed by atoms with Gasteiger partial charge in [-0.25, -0.2) is 13.1 Å². The summed E-state index contributed by atoms with van der Waals surface area (Å²) >= 11 is 0. The fraction of sp³-hybridized carbons (Fsp3) is 0.0625. The number of carbonyl (C=O) groups is 1. The number of amides is 1. The molecule has 3 rings (SSSR count). The highest BCUT2D eigenvalue weighted by molar-refractivity contribution is 7.92. The zero-order valence-corrected chi connectivity index (χ0v) is 14.5. The Morgan fingerprint density at radius 2 is 1.81 bits per heavy atom. The van der Waals surface area contributed by atoms with Crippen molar-refractivity contribution in [2.45, 2.75) is 4.90 Å². The Kier molecular flexibility index (Phi) is 4.85. The first kappa shape index (κ1) is 17.4. The second-order valence-corrected chi connectivity index (χ2v) is 6.83. The summed E-state index contributed by atoms with van der Waals surface area (Å²) in [5, 5.41) is 7.14. The molecule has 0 atom stereocenters. The minimum Gasteiger partial charge on any atom is -0.495 e. The van der Waals surface area contributed by atoms with Crippen LogP contribution in [0.4, 0.5) is 5.69 Å². The summed E-state index contributed by atoms with van der Waals surface area (Å²) in [5.74, 6) is -0.114. The fourth-order valence-corrected chi connectivity index (χ4v) is 3.29. The van der Waals surface area contributed by atoms with E-state index < -0.39 is 15.9 Å². The van der Waals surface area contributed by atoms with Crippen LogP contribution in [0, 0.1) is 0 Å². The third-order valence-corrected chi connectivity index (χ3v) is 4.77. The largest absolute Gasteiger partial charge is 0.495 e. The summed E-state index contributed by atoms with van der Waals surface area (Å²) in [7, 11) is -2.46. The first-order chi connectivity index (χ1) is 12.5. The normalized spacial score (nSPS) is 11.0. The van der Waals surface area contributed by atoms with E-state index in [1.54, 1.807) is 24.3 Å². The molecule has 0 unspecified atom stereocenters. The van der Waals surface area contributed by atoms with Crippen molar-refractivity contribution in [3.63, 3.8) is 0 Å². The summed E-state index contributed by atoms with van der Waals surface area (Å²) in [6.07, 6.45) is 2.61. The first-order valence-electron chi connectivity index (χ1n) is 7.41. The van der Waals surface area contributed by atoms with Gasteiger partial charge in [0.15, 0.2) is 0 Å². The van der Waals surface area contributed by atoms with Gasteiger partial charge in [0.1, 0.15) is 18.4 Å². The van der Waals surface area contributed by atoms with Crippen molar-refractivity contribution in [1.29, 1.82) is 0 Å². The topological polar surface area (TPSA) is 115 Å². The lowest BCUT2D eigenvalue weighted by molar-refractivity contribution is 0.101. The van der Waals surface area contributed by atoms with Gasteiger partial charge in [-0.2, -0.15) is 0 Å². The molecule has 0 radical (unpaired) electrons. The average Bonchev–Trinajstić information content (AvgIpc) is 3.15. The van der Waals surface area contributed by atoms with Crippen LogP contribution in [0.1, 0.15) is 10.4 Å². The number of carbonyl (C=O) groups excluding carboxylic acids is 1. The molecule has 9 nitrogen and oxygen atoms in total. The molecular weight excluding hydrogens is 358 g/mol. The summed E-state index contributed by atoms with van der Waals surface area (Å²) < 4.78 is 34.1. The Balaban J connectivity index is 1.85. The number of nitrogens with zero attached hydrogens (tertiary/aromatic N) is 3. The Labute approximate surface area is 149 Å². The van der Waals surface area contributed by atoms with Gasteiger partial charge < -0.3 is 4.74 Å². The number of aromatic nitrogens is 3. The number of hydrogen-bond donors (Lipinski definition) is 2. The summed E-state index contributed by atoms with van der Waals surface area (Å²) in [6.45, 7) is 0. The molecule has 0 aliphatic heterocycles. The summed E-state index contributed by atoms with van der Waals surface area (Å²) in [6, 6.07) is 12.3. The lowest BCUT2D eigenvalue weighted by atomic mass is 10.2. The van der Waals surface area contributed by atoms with Gasteiger partial charge in [-0.1, -0.05) is 18.2 Å². The van der Waals surface area contributed by atoms with Gasteiger partial charge in [0.25, 0.3) is 15.9 Å². The van der Waals surface area contributed by atoms with Crippen LogP contribution in [0.15, 0.2) is 66.1 Å². The van der Waals surface area contributed by atoms with Crippen LogP contribution in [0.5, 0.6) is 5.75 Å². The van der Waals surface area contributed by atoms with Crippen molar-refractivity contribution < 1.29 is 17.9 Å². The van der Waals surface area contributed by atoms with E-state index in [-0.39, 0.29) is 10.5 Å². The van der Waals surface area contributed by atoms with Crippen LogP contribution in [0.3, 0.4) is 0 Å². The van der Waals surface area contributed by atoms with Crippen LogP contribution in [-0.2, 0) is 10.0 Å². The number of sulfonamides is 1. The van der Waals surface area contributed by atoms with Gasteiger partial charge in [0.2, 0.25) is 0 Å². The van der Waals surface area contributed by atoms with Crippen LogP contribution in [0.2, 0.25) is 0 Å². The second kappa shape index (κ2) is 7.23. The van der Waals surface area contributed by atoms with Crippen molar-refractivity contribution in [2.75, 3.05) is 17.3 Å². The molecule has 0 saturated carbocycles. The maximum atomic E-state index is 12.6. The van der Waals surface area contributed by atoms with E-state index in [2.05, 4.69) is 20.3 Å². The highest BCUT2D eigenvalue weighted by Crippen LogP contribution is 2.26. The summed E-state index contributed by atoms with van der Waals surface area (Å²) in [4.78, 5) is 12.2. The van der Waals surface area contributed by atoms with Crippen molar-refractivity contribution in [2.24, 2.45) is 0 Å². The fourth-order valence-electron chi connectivity index (χ4n) is 2.18. The minimum atomic E-state index is -3.91. The standard InChI is InChI=1S/C16H15N5O4S/c1-25-15-8-3-2-7-14(15)20-26(23,24)13-6-4-5-12(9-13)16(22)19-21-10-17-18-11-21/h2-11,20H,1H3,(H,19,22). The molecule has 2 N–H and O–H groups in total. The number of ether oxygens (including phenoxy) is 1. The molecule has 3 aromatic rings. The maximum Gasteiger partial charge on any atom is 0.270 e. The Morgan fingerprint density at radius 3 is 2.54 bits per heavy atom. The van der Waals surface area contributed by atoms with Crippen LogP contribution >= 0.6 is 0 Å². The Hall–Kier alpha value is -3.40. The highest BCUT2D eigenvalue weighted by atomic mass is 32.2. The molecule has 0 bridgehead atoms. The predicted molar refractivity (Wildman–Crippen MR) is 94.0 cm³/mol. The number of rotatable bonds is 6. The lowest BCUT2D eigenvalue weighted by Crippen LogP contribution is -2.22. The van der Waals surface area contributed by atoms with Gasteiger partial charge in [-0.15, -0.1) is 10.2 Å². The van der Waals surface area contributed by atoms with E-state index in [0.29, 0.717) is 11.4 Å². The van der Waals surface area contributed by atoms with E-state index in [4.69, 9.17) is 4.74 Å². The Morgan fingerprint density at radius 1 is 1.08 bits per heavy atom. The highest BCUT2D eigenvalue weighted by Gasteiger charge is 2.18. The van der Waals surface area contributed by atoms with Crippen molar-refractivity contribution in [3.8, 4) is 5.75 Å². The molecule has 0 aliphatic carbocycles. The molecule has 0 saturated heterocycles. The summed E-state index contributed by atoms with van der Waals surface area (Å²) in [5.41, 5.74) is 2.97. The molecule has 1 heterocycles. The molecule has 1 amide bonds. The Bertz CT molecular complexity index is 1020. The van der Waals surface area contributed by atoms with Gasteiger partial charge >= 0.3 is 0 Å². The van der Waals surface area contributed by atoms with Gasteiger partial charge in [0.05, 0.1) is 17.7 Å². The monoisotopic (exact) mass is 373 g/mol. The van der Waals surface area contributed by atoms with Crippen LogP contribution in [0.25, 0.3) is 0 Å². The van der Waals surface area contributed by atoms with E-state index in [0.717, 1.165) is 0 Å². The molecular formula is C16H15N5O4S. The number of anilines is 1. The quantitative estimate of drug-likeness (QED) is 0.676. The van der Waals surface area contributed by atoms with E-state index in [1.165, 1.54) is 48.7 Å². The SMILES string of the molecule is COc1ccccc1NS(=O)(=O)c1cccc(C(=O)Nn2cnnc2)c1. The number of nitrogens with one attached hydrogen (secondary N) is 2. The van der Waals surface area contributed by atoms with E-state index in [1.807, 2.05) is 0 Å². The third-order valence-electron chi connectivity index (χ3n) is 3.41. The lowest BCUT2D eigenvalue weighted by Gasteiger charge is -2.12. The number of benzene rings is 2. The van der Waals surface area contributed by atoms with Crippen LogP contribution < -0.4 is 14.9 Å². The molecule has 0 spiro atoms. The number of methoxy groups -OCH3 is 1.